The van der Waals surface area contributed by atoms with E-state index in [4.69, 9.17) is 5.73 Å². The molecule has 0 aliphatic heterocycles. The quantitative estimate of drug-likeness (QED) is 0.806. The first-order valence-electron chi connectivity index (χ1n) is 5.10. The van der Waals surface area contributed by atoms with Crippen molar-refractivity contribution in [3.05, 3.63) is 35.9 Å². The lowest BCUT2D eigenvalue weighted by atomic mass is 10.2. The Morgan fingerprint density at radius 2 is 1.86 bits per heavy atom. The van der Waals surface area contributed by atoms with E-state index in [1.165, 1.54) is 5.56 Å². The molecule has 2 atom stereocenters. The molecule has 1 aromatic carbocycles. The zero-order valence-corrected chi connectivity index (χ0v) is 9.76. The summed E-state index contributed by atoms with van der Waals surface area (Å²) in [7, 11) is 0. The summed E-state index contributed by atoms with van der Waals surface area (Å²) < 4.78 is 0. The molecule has 2 heteroatoms. The van der Waals surface area contributed by atoms with Crippen LogP contribution in [-0.2, 0) is 0 Å². The SMILES string of the molecule is CC(CN)CSC(C)c1ccccc1. The van der Waals surface area contributed by atoms with Crippen molar-refractivity contribution in [2.75, 3.05) is 12.3 Å². The summed E-state index contributed by atoms with van der Waals surface area (Å²) in [4.78, 5) is 0. The topological polar surface area (TPSA) is 26.0 Å². The van der Waals surface area contributed by atoms with E-state index in [9.17, 15) is 0 Å². The van der Waals surface area contributed by atoms with E-state index in [1.807, 2.05) is 11.8 Å². The third kappa shape index (κ3) is 3.72. The van der Waals surface area contributed by atoms with E-state index < -0.39 is 0 Å². The van der Waals surface area contributed by atoms with Crippen molar-refractivity contribution in [1.82, 2.24) is 0 Å². The second kappa shape index (κ2) is 6.10. The van der Waals surface area contributed by atoms with Gasteiger partial charge >= 0.3 is 0 Å². The van der Waals surface area contributed by atoms with E-state index in [-0.39, 0.29) is 0 Å². The van der Waals surface area contributed by atoms with E-state index in [0.29, 0.717) is 11.2 Å². The van der Waals surface area contributed by atoms with Crippen LogP contribution in [-0.4, -0.2) is 12.3 Å². The predicted octanol–water partition coefficient (Wildman–Crippen LogP) is 3.08. The number of hydrogen-bond donors (Lipinski definition) is 1. The van der Waals surface area contributed by atoms with Crippen molar-refractivity contribution in [1.29, 1.82) is 0 Å². The van der Waals surface area contributed by atoms with Gasteiger partial charge in [0.2, 0.25) is 0 Å². The zero-order chi connectivity index (χ0) is 10.4. The molecule has 0 aromatic heterocycles. The highest BCUT2D eigenvalue weighted by Crippen LogP contribution is 2.28. The Bertz CT molecular complexity index is 248. The Labute approximate surface area is 91.1 Å². The van der Waals surface area contributed by atoms with Crippen LogP contribution in [0.25, 0.3) is 0 Å². The van der Waals surface area contributed by atoms with E-state index in [0.717, 1.165) is 12.3 Å². The average Bonchev–Trinajstić information content (AvgIpc) is 2.26. The Morgan fingerprint density at radius 1 is 1.21 bits per heavy atom. The van der Waals surface area contributed by atoms with Crippen LogP contribution in [0, 0.1) is 5.92 Å². The van der Waals surface area contributed by atoms with Crippen molar-refractivity contribution < 1.29 is 0 Å². The van der Waals surface area contributed by atoms with Crippen LogP contribution in [0.5, 0.6) is 0 Å². The third-order valence-electron chi connectivity index (χ3n) is 2.30. The molecule has 0 fully saturated rings. The molecule has 2 N–H and O–H groups in total. The number of hydrogen-bond acceptors (Lipinski definition) is 2. The van der Waals surface area contributed by atoms with Gasteiger partial charge in [-0.2, -0.15) is 11.8 Å². The summed E-state index contributed by atoms with van der Waals surface area (Å²) in [5.41, 5.74) is 6.99. The molecular formula is C12H19NS. The van der Waals surface area contributed by atoms with Crippen LogP contribution < -0.4 is 5.73 Å². The van der Waals surface area contributed by atoms with Crippen LogP contribution in [0.15, 0.2) is 30.3 Å². The van der Waals surface area contributed by atoms with Gasteiger partial charge < -0.3 is 5.73 Å². The molecule has 14 heavy (non-hydrogen) atoms. The van der Waals surface area contributed by atoms with Gasteiger partial charge in [-0.15, -0.1) is 0 Å². The Balaban J connectivity index is 2.39. The summed E-state index contributed by atoms with van der Waals surface area (Å²) in [6.07, 6.45) is 0. The fraction of sp³-hybridized carbons (Fsp3) is 0.500. The Hall–Kier alpha value is -0.470. The molecule has 0 spiro atoms. The molecule has 0 saturated heterocycles. The van der Waals surface area contributed by atoms with Crippen LogP contribution in [0.2, 0.25) is 0 Å². The van der Waals surface area contributed by atoms with Crippen molar-refractivity contribution in [2.24, 2.45) is 11.7 Å². The Kier molecular flexibility index (Phi) is 5.05. The molecule has 0 heterocycles. The third-order valence-corrected chi connectivity index (χ3v) is 3.84. The molecule has 1 nitrogen and oxygen atoms in total. The zero-order valence-electron chi connectivity index (χ0n) is 8.94. The van der Waals surface area contributed by atoms with Crippen molar-refractivity contribution in [3.63, 3.8) is 0 Å². The monoisotopic (exact) mass is 209 g/mol. The van der Waals surface area contributed by atoms with Crippen molar-refractivity contribution in [3.8, 4) is 0 Å². The fourth-order valence-corrected chi connectivity index (χ4v) is 2.30. The smallest absolute Gasteiger partial charge is 0.0269 e. The van der Waals surface area contributed by atoms with Crippen molar-refractivity contribution >= 4 is 11.8 Å². The van der Waals surface area contributed by atoms with E-state index >= 15 is 0 Å². The van der Waals surface area contributed by atoms with E-state index in [2.05, 4.69) is 44.2 Å². The van der Waals surface area contributed by atoms with Crippen LogP contribution in [0.1, 0.15) is 24.7 Å². The summed E-state index contributed by atoms with van der Waals surface area (Å²) >= 11 is 1.98. The average molecular weight is 209 g/mol. The highest BCUT2D eigenvalue weighted by atomic mass is 32.2. The van der Waals surface area contributed by atoms with Crippen LogP contribution in [0.4, 0.5) is 0 Å². The van der Waals surface area contributed by atoms with Gasteiger partial charge in [0.25, 0.3) is 0 Å². The Morgan fingerprint density at radius 3 is 2.43 bits per heavy atom. The van der Waals surface area contributed by atoms with Gasteiger partial charge in [0.15, 0.2) is 0 Å². The molecule has 2 unspecified atom stereocenters. The van der Waals surface area contributed by atoms with E-state index in [1.54, 1.807) is 0 Å². The second-order valence-electron chi connectivity index (χ2n) is 3.73. The number of benzene rings is 1. The lowest BCUT2D eigenvalue weighted by molar-refractivity contribution is 0.674. The number of thioether (sulfide) groups is 1. The normalized spacial score (nSPS) is 15.1. The minimum absolute atomic E-state index is 0.574. The number of nitrogens with two attached hydrogens (primary N) is 1. The second-order valence-corrected chi connectivity index (χ2v) is 5.10. The maximum Gasteiger partial charge on any atom is 0.0269 e. The van der Waals surface area contributed by atoms with Gasteiger partial charge in [-0.3, -0.25) is 0 Å². The minimum Gasteiger partial charge on any atom is -0.330 e. The first-order valence-corrected chi connectivity index (χ1v) is 6.15. The van der Waals surface area contributed by atoms with Gasteiger partial charge in [-0.05, 0) is 30.7 Å². The number of rotatable bonds is 5. The first kappa shape index (κ1) is 11.6. The van der Waals surface area contributed by atoms with Crippen LogP contribution in [0.3, 0.4) is 0 Å². The molecule has 1 aromatic rings. The van der Waals surface area contributed by atoms with Gasteiger partial charge in [-0.1, -0.05) is 37.3 Å². The van der Waals surface area contributed by atoms with Crippen molar-refractivity contribution in [2.45, 2.75) is 19.1 Å². The minimum atomic E-state index is 0.574. The highest BCUT2D eigenvalue weighted by molar-refractivity contribution is 7.99. The van der Waals surface area contributed by atoms with Gasteiger partial charge in [0.05, 0.1) is 0 Å². The summed E-state index contributed by atoms with van der Waals surface area (Å²) in [5, 5.41) is 0.574. The molecule has 0 aliphatic carbocycles. The molecule has 0 saturated carbocycles. The first-order chi connectivity index (χ1) is 6.74. The maximum absolute atomic E-state index is 5.58. The highest BCUT2D eigenvalue weighted by Gasteiger charge is 2.07. The molecule has 78 valence electrons. The molecular weight excluding hydrogens is 190 g/mol. The van der Waals surface area contributed by atoms with Gasteiger partial charge in [0, 0.05) is 5.25 Å². The molecule has 0 bridgehead atoms. The molecule has 0 amide bonds. The molecule has 1 rings (SSSR count). The lowest BCUT2D eigenvalue weighted by Gasteiger charge is -2.14. The fourth-order valence-electron chi connectivity index (χ4n) is 1.20. The summed E-state index contributed by atoms with van der Waals surface area (Å²) in [6, 6.07) is 10.6. The molecule has 0 aliphatic rings. The summed E-state index contributed by atoms with van der Waals surface area (Å²) in [5.74, 6) is 1.76. The summed E-state index contributed by atoms with van der Waals surface area (Å²) in [6.45, 7) is 5.24. The molecule has 0 radical (unpaired) electrons. The standard InChI is InChI=1S/C12H19NS/c1-10(8-13)9-14-11(2)12-6-4-3-5-7-12/h3-7,10-11H,8-9,13H2,1-2H3. The lowest BCUT2D eigenvalue weighted by Crippen LogP contribution is -2.13. The maximum atomic E-state index is 5.58. The van der Waals surface area contributed by atoms with Crippen LogP contribution >= 0.6 is 11.8 Å². The predicted molar refractivity (Wildman–Crippen MR) is 65.5 cm³/mol. The largest absolute Gasteiger partial charge is 0.330 e. The van der Waals surface area contributed by atoms with Gasteiger partial charge in [-0.25, -0.2) is 0 Å². The van der Waals surface area contributed by atoms with Gasteiger partial charge in [0.1, 0.15) is 0 Å².